The first-order valence-corrected chi connectivity index (χ1v) is 6.92. The Balaban J connectivity index is 2.28. The van der Waals surface area contributed by atoms with Gasteiger partial charge in [0, 0.05) is 19.2 Å². The zero-order valence-corrected chi connectivity index (χ0v) is 12.3. The zero-order chi connectivity index (χ0) is 13.8. The third-order valence-corrected chi connectivity index (χ3v) is 3.68. The van der Waals surface area contributed by atoms with E-state index in [1.165, 1.54) is 0 Å². The quantitative estimate of drug-likeness (QED) is 0.801. The van der Waals surface area contributed by atoms with Crippen LogP contribution in [0.4, 0.5) is 0 Å². The van der Waals surface area contributed by atoms with Crippen LogP contribution in [-0.2, 0) is 6.54 Å². The van der Waals surface area contributed by atoms with Gasteiger partial charge in [-0.1, -0.05) is 13.8 Å². The monoisotopic (exact) mass is 261 g/mol. The molecule has 1 aromatic heterocycles. The number of hydrogen-bond donors (Lipinski definition) is 0. The van der Waals surface area contributed by atoms with Crippen molar-refractivity contribution in [1.82, 2.24) is 14.5 Å². The number of ether oxygens (including phenoxy) is 1. The largest absolute Gasteiger partial charge is 0.497 e. The van der Waals surface area contributed by atoms with Gasteiger partial charge in [-0.15, -0.1) is 0 Å². The molecule has 2 aromatic rings. The molecule has 104 valence electrons. The van der Waals surface area contributed by atoms with Gasteiger partial charge in [0.15, 0.2) is 0 Å². The van der Waals surface area contributed by atoms with Crippen molar-refractivity contribution in [3.63, 3.8) is 0 Å². The molecule has 0 saturated carbocycles. The maximum absolute atomic E-state index is 5.30. The van der Waals surface area contributed by atoms with Gasteiger partial charge in [0.25, 0.3) is 0 Å². The van der Waals surface area contributed by atoms with Gasteiger partial charge in [-0.2, -0.15) is 0 Å². The molecule has 0 saturated heterocycles. The molecule has 0 spiro atoms. The van der Waals surface area contributed by atoms with Crippen LogP contribution >= 0.6 is 0 Å². The van der Waals surface area contributed by atoms with Crippen LogP contribution in [0.2, 0.25) is 0 Å². The van der Waals surface area contributed by atoms with E-state index < -0.39 is 0 Å². The van der Waals surface area contributed by atoms with Crippen LogP contribution in [0.15, 0.2) is 18.2 Å². The molecule has 2 rings (SSSR count). The molecule has 0 amide bonds. The smallest absolute Gasteiger partial charge is 0.121 e. The van der Waals surface area contributed by atoms with E-state index in [0.29, 0.717) is 0 Å². The second kappa shape index (κ2) is 6.06. The predicted octanol–water partition coefficient (Wildman–Crippen LogP) is 2.70. The number of hydrogen-bond acceptors (Lipinski definition) is 3. The number of rotatable bonds is 6. The van der Waals surface area contributed by atoms with Crippen LogP contribution in [0.3, 0.4) is 0 Å². The summed E-state index contributed by atoms with van der Waals surface area (Å²) in [5.41, 5.74) is 2.20. The van der Waals surface area contributed by atoms with Gasteiger partial charge in [-0.25, -0.2) is 4.98 Å². The minimum Gasteiger partial charge on any atom is -0.497 e. The third kappa shape index (κ3) is 2.89. The molecule has 0 aliphatic carbocycles. The van der Waals surface area contributed by atoms with Crippen molar-refractivity contribution in [2.75, 3.05) is 26.7 Å². The third-order valence-electron chi connectivity index (χ3n) is 3.68. The van der Waals surface area contributed by atoms with E-state index in [2.05, 4.69) is 41.3 Å². The molecule has 19 heavy (non-hydrogen) atoms. The molecule has 0 atom stereocenters. The second-order valence-electron chi connectivity index (χ2n) is 4.69. The first-order chi connectivity index (χ1) is 9.19. The van der Waals surface area contributed by atoms with Crippen LogP contribution in [0, 0.1) is 6.92 Å². The van der Waals surface area contributed by atoms with Crippen LogP contribution in [0.5, 0.6) is 5.75 Å². The SMILES string of the molecule is CCN(CC)CCn1c(C)nc2ccc(OC)cc21. The summed E-state index contributed by atoms with van der Waals surface area (Å²) >= 11 is 0. The molecule has 0 unspecified atom stereocenters. The number of benzene rings is 1. The number of imidazole rings is 1. The molecule has 0 aliphatic heterocycles. The average Bonchev–Trinajstić information content (AvgIpc) is 2.75. The van der Waals surface area contributed by atoms with Gasteiger partial charge in [0.2, 0.25) is 0 Å². The Hall–Kier alpha value is -1.55. The summed E-state index contributed by atoms with van der Waals surface area (Å²) in [7, 11) is 1.70. The van der Waals surface area contributed by atoms with Gasteiger partial charge in [-0.3, -0.25) is 0 Å². The molecule has 1 aromatic carbocycles. The summed E-state index contributed by atoms with van der Waals surface area (Å²) in [5.74, 6) is 1.95. The van der Waals surface area contributed by atoms with Gasteiger partial charge in [0.05, 0.1) is 18.1 Å². The van der Waals surface area contributed by atoms with Crippen LogP contribution < -0.4 is 4.74 Å². The Morgan fingerprint density at radius 2 is 2.00 bits per heavy atom. The van der Waals surface area contributed by atoms with Crippen molar-refractivity contribution in [3.05, 3.63) is 24.0 Å². The Labute approximate surface area is 115 Å². The van der Waals surface area contributed by atoms with Gasteiger partial charge < -0.3 is 14.2 Å². The summed E-state index contributed by atoms with van der Waals surface area (Å²) < 4.78 is 7.58. The van der Waals surface area contributed by atoms with Gasteiger partial charge >= 0.3 is 0 Å². The summed E-state index contributed by atoms with van der Waals surface area (Å²) in [6.45, 7) is 10.7. The number of nitrogens with zero attached hydrogens (tertiary/aromatic N) is 3. The summed E-state index contributed by atoms with van der Waals surface area (Å²) in [6, 6.07) is 6.05. The Morgan fingerprint density at radius 1 is 1.26 bits per heavy atom. The molecule has 4 heteroatoms. The first-order valence-electron chi connectivity index (χ1n) is 6.92. The normalized spacial score (nSPS) is 11.4. The maximum Gasteiger partial charge on any atom is 0.121 e. The summed E-state index contributed by atoms with van der Waals surface area (Å²) in [4.78, 5) is 7.03. The van der Waals surface area contributed by atoms with Gasteiger partial charge in [-0.05, 0) is 32.1 Å². The first kappa shape index (κ1) is 13.9. The minimum atomic E-state index is 0.886. The molecular weight excluding hydrogens is 238 g/mol. The summed E-state index contributed by atoms with van der Waals surface area (Å²) in [6.07, 6.45) is 0. The second-order valence-corrected chi connectivity index (χ2v) is 4.69. The lowest BCUT2D eigenvalue weighted by atomic mass is 10.3. The van der Waals surface area contributed by atoms with Crippen molar-refractivity contribution in [3.8, 4) is 5.75 Å². The fourth-order valence-electron chi connectivity index (χ4n) is 2.41. The molecule has 0 radical (unpaired) electrons. The Kier molecular flexibility index (Phi) is 4.43. The molecule has 0 aliphatic rings. The average molecular weight is 261 g/mol. The lowest BCUT2D eigenvalue weighted by Gasteiger charge is -2.19. The Bertz CT molecular complexity index is 544. The Morgan fingerprint density at radius 3 is 2.63 bits per heavy atom. The van der Waals surface area contributed by atoms with E-state index in [-0.39, 0.29) is 0 Å². The molecule has 1 heterocycles. The molecular formula is C15H23N3O. The predicted molar refractivity (Wildman–Crippen MR) is 78.8 cm³/mol. The molecule has 0 N–H and O–H groups in total. The van der Waals surface area contributed by atoms with E-state index in [1.54, 1.807) is 7.11 Å². The highest BCUT2D eigenvalue weighted by atomic mass is 16.5. The highest BCUT2D eigenvalue weighted by Gasteiger charge is 2.09. The fraction of sp³-hybridized carbons (Fsp3) is 0.533. The standard InChI is InChI=1S/C15H23N3O/c1-5-17(6-2)9-10-18-12(3)16-14-8-7-13(19-4)11-15(14)18/h7-8,11H,5-6,9-10H2,1-4H3. The van der Waals surface area contributed by atoms with E-state index >= 15 is 0 Å². The number of fused-ring (bicyclic) bond motifs is 1. The molecule has 0 bridgehead atoms. The van der Waals surface area contributed by atoms with Crippen molar-refractivity contribution >= 4 is 11.0 Å². The van der Waals surface area contributed by atoms with Crippen LogP contribution in [0.1, 0.15) is 19.7 Å². The van der Waals surface area contributed by atoms with Crippen LogP contribution in [-0.4, -0.2) is 41.2 Å². The lowest BCUT2D eigenvalue weighted by molar-refractivity contribution is 0.291. The maximum atomic E-state index is 5.30. The zero-order valence-electron chi connectivity index (χ0n) is 12.3. The number of aromatic nitrogens is 2. The van der Waals surface area contributed by atoms with E-state index in [1.807, 2.05) is 12.1 Å². The fourth-order valence-corrected chi connectivity index (χ4v) is 2.41. The molecule has 4 nitrogen and oxygen atoms in total. The van der Waals surface area contributed by atoms with Gasteiger partial charge in [0.1, 0.15) is 11.6 Å². The van der Waals surface area contributed by atoms with Crippen LogP contribution in [0.25, 0.3) is 11.0 Å². The number of likely N-dealkylation sites (N-methyl/N-ethyl adjacent to an activating group) is 1. The van der Waals surface area contributed by atoms with Crippen molar-refractivity contribution in [2.45, 2.75) is 27.3 Å². The molecule has 0 fully saturated rings. The minimum absolute atomic E-state index is 0.886. The summed E-state index contributed by atoms with van der Waals surface area (Å²) in [5, 5.41) is 0. The van der Waals surface area contributed by atoms with E-state index in [4.69, 9.17) is 4.74 Å². The van der Waals surface area contributed by atoms with Crippen molar-refractivity contribution in [1.29, 1.82) is 0 Å². The van der Waals surface area contributed by atoms with Crippen molar-refractivity contribution < 1.29 is 4.74 Å². The van der Waals surface area contributed by atoms with Crippen molar-refractivity contribution in [2.24, 2.45) is 0 Å². The highest BCUT2D eigenvalue weighted by Crippen LogP contribution is 2.21. The van der Waals surface area contributed by atoms with E-state index in [0.717, 1.165) is 48.8 Å². The number of methoxy groups -OCH3 is 1. The topological polar surface area (TPSA) is 30.3 Å². The lowest BCUT2D eigenvalue weighted by Crippen LogP contribution is -2.27. The van der Waals surface area contributed by atoms with E-state index in [9.17, 15) is 0 Å². The number of aryl methyl sites for hydroxylation is 1. The highest BCUT2D eigenvalue weighted by molar-refractivity contribution is 5.77.